The Kier molecular flexibility index (Phi) is 8.46. The Bertz CT molecular complexity index is 1340. The van der Waals surface area contributed by atoms with Crippen LogP contribution in [0.2, 0.25) is 15.1 Å². The molecule has 2 amide bonds. The van der Waals surface area contributed by atoms with E-state index in [-0.39, 0.29) is 33.7 Å². The number of thioether (sulfide) groups is 1. The summed E-state index contributed by atoms with van der Waals surface area (Å²) in [7, 11) is 0. The summed E-state index contributed by atoms with van der Waals surface area (Å²) in [4.78, 5) is 26.6. The molecule has 1 aliphatic heterocycles. The third-order valence-electron chi connectivity index (χ3n) is 5.21. The predicted octanol–water partition coefficient (Wildman–Crippen LogP) is 8.00. The van der Waals surface area contributed by atoms with Crippen LogP contribution in [0.25, 0.3) is 6.08 Å². The van der Waals surface area contributed by atoms with Crippen molar-refractivity contribution in [2.75, 3.05) is 6.61 Å². The van der Waals surface area contributed by atoms with Crippen LogP contribution in [0, 0.1) is 5.82 Å². The Balaban J connectivity index is 1.58. The van der Waals surface area contributed by atoms with E-state index in [1.807, 2.05) is 25.1 Å². The fraction of sp³-hybridized carbons (Fsp3) is 0.154. The Morgan fingerprint density at radius 1 is 0.972 bits per heavy atom. The Morgan fingerprint density at radius 3 is 2.44 bits per heavy atom. The van der Waals surface area contributed by atoms with Gasteiger partial charge in [0.05, 0.1) is 23.1 Å². The lowest BCUT2D eigenvalue weighted by molar-refractivity contribution is -0.123. The zero-order valence-corrected chi connectivity index (χ0v) is 22.0. The predicted molar refractivity (Wildman–Crippen MR) is 141 cm³/mol. The molecule has 0 aromatic heterocycles. The number of amides is 2. The first-order valence-corrected chi connectivity index (χ1v) is 12.7. The molecule has 0 bridgehead atoms. The molecule has 3 aromatic rings. The van der Waals surface area contributed by atoms with E-state index >= 15 is 0 Å². The minimum absolute atomic E-state index is 0.0735. The van der Waals surface area contributed by atoms with E-state index in [2.05, 4.69) is 0 Å². The van der Waals surface area contributed by atoms with Crippen LogP contribution < -0.4 is 9.47 Å². The normalized spacial score (nSPS) is 14.6. The van der Waals surface area contributed by atoms with Crippen LogP contribution in [0.3, 0.4) is 0 Å². The second-order valence-electron chi connectivity index (χ2n) is 7.61. The first-order chi connectivity index (χ1) is 17.3. The lowest BCUT2D eigenvalue weighted by Gasteiger charge is -2.15. The van der Waals surface area contributed by atoms with Crippen LogP contribution in [0.15, 0.2) is 59.5 Å². The van der Waals surface area contributed by atoms with Crippen molar-refractivity contribution in [2.45, 2.75) is 20.1 Å². The van der Waals surface area contributed by atoms with Crippen molar-refractivity contribution in [1.29, 1.82) is 0 Å². The number of nitrogens with zero attached hydrogens (tertiary/aromatic N) is 1. The summed E-state index contributed by atoms with van der Waals surface area (Å²) >= 11 is 19.5. The number of rotatable bonds is 8. The van der Waals surface area contributed by atoms with Gasteiger partial charge in [0.25, 0.3) is 11.1 Å². The zero-order valence-electron chi connectivity index (χ0n) is 18.9. The Morgan fingerprint density at radius 2 is 1.72 bits per heavy atom. The van der Waals surface area contributed by atoms with E-state index in [9.17, 15) is 14.0 Å². The number of hydrogen-bond acceptors (Lipinski definition) is 5. The second-order valence-corrected chi connectivity index (χ2v) is 9.83. The molecule has 4 rings (SSSR count). The van der Waals surface area contributed by atoms with Crippen LogP contribution in [0.1, 0.15) is 23.6 Å². The van der Waals surface area contributed by atoms with Crippen molar-refractivity contribution in [3.63, 3.8) is 0 Å². The number of carbonyl (C=O) groups is 2. The molecule has 36 heavy (non-hydrogen) atoms. The molecule has 1 fully saturated rings. The van der Waals surface area contributed by atoms with Gasteiger partial charge in [-0.3, -0.25) is 14.5 Å². The molecule has 0 saturated carbocycles. The fourth-order valence-corrected chi connectivity index (χ4v) is 4.99. The van der Waals surface area contributed by atoms with Crippen LogP contribution in [0.5, 0.6) is 11.5 Å². The first-order valence-electron chi connectivity index (χ1n) is 10.8. The van der Waals surface area contributed by atoms with E-state index in [0.717, 1.165) is 22.2 Å². The highest BCUT2D eigenvalue weighted by Crippen LogP contribution is 2.40. The number of halogens is 4. The smallest absolute Gasteiger partial charge is 0.293 e. The maximum absolute atomic E-state index is 14.2. The summed E-state index contributed by atoms with van der Waals surface area (Å²) in [6.45, 7) is 2.07. The van der Waals surface area contributed by atoms with Crippen molar-refractivity contribution in [3.8, 4) is 11.5 Å². The van der Waals surface area contributed by atoms with E-state index in [4.69, 9.17) is 44.3 Å². The van der Waals surface area contributed by atoms with Crippen molar-refractivity contribution in [3.05, 3.63) is 97.1 Å². The number of carbonyl (C=O) groups excluding carboxylic acids is 2. The van der Waals surface area contributed by atoms with Gasteiger partial charge in [0.1, 0.15) is 12.4 Å². The molecular weight excluding hydrogens is 548 g/mol. The summed E-state index contributed by atoms with van der Waals surface area (Å²) < 4.78 is 25.8. The van der Waals surface area contributed by atoms with Crippen LogP contribution in [-0.4, -0.2) is 22.7 Å². The third kappa shape index (κ3) is 5.81. The summed E-state index contributed by atoms with van der Waals surface area (Å²) in [5, 5.41) is 0.437. The molecule has 0 unspecified atom stereocenters. The van der Waals surface area contributed by atoms with Gasteiger partial charge < -0.3 is 9.47 Å². The second kappa shape index (κ2) is 11.6. The molecule has 1 aliphatic rings. The van der Waals surface area contributed by atoms with Crippen LogP contribution in [-0.2, 0) is 17.9 Å². The Labute approximate surface area is 226 Å². The van der Waals surface area contributed by atoms with E-state index < -0.39 is 17.0 Å². The average Bonchev–Trinajstić information content (AvgIpc) is 3.09. The molecule has 0 atom stereocenters. The molecule has 1 saturated heterocycles. The van der Waals surface area contributed by atoms with E-state index in [1.54, 1.807) is 18.2 Å². The van der Waals surface area contributed by atoms with Gasteiger partial charge in [-0.2, -0.15) is 0 Å². The quantitative estimate of drug-likeness (QED) is 0.259. The largest absolute Gasteiger partial charge is 0.490 e. The number of benzene rings is 3. The van der Waals surface area contributed by atoms with Crippen molar-refractivity contribution in [2.24, 2.45) is 0 Å². The molecule has 10 heteroatoms. The van der Waals surface area contributed by atoms with Crippen LogP contribution in [0.4, 0.5) is 9.18 Å². The fourth-order valence-electron chi connectivity index (χ4n) is 3.47. The molecule has 186 valence electrons. The van der Waals surface area contributed by atoms with E-state index in [0.29, 0.717) is 28.7 Å². The van der Waals surface area contributed by atoms with Crippen molar-refractivity contribution in [1.82, 2.24) is 4.90 Å². The molecular formula is C26H19Cl3FNO4S. The van der Waals surface area contributed by atoms with E-state index in [1.165, 1.54) is 24.3 Å². The molecule has 0 aliphatic carbocycles. The molecule has 3 aromatic carbocycles. The number of ether oxygens (including phenoxy) is 2. The molecule has 5 nitrogen and oxygen atoms in total. The molecule has 0 radical (unpaired) electrons. The van der Waals surface area contributed by atoms with Gasteiger partial charge in [-0.25, -0.2) is 4.39 Å². The first kappa shape index (κ1) is 26.4. The van der Waals surface area contributed by atoms with Crippen LogP contribution >= 0.6 is 46.6 Å². The van der Waals surface area contributed by atoms with Gasteiger partial charge in [0, 0.05) is 21.2 Å². The number of hydrogen-bond donors (Lipinski definition) is 0. The SMILES string of the molecule is CCOc1cc(/C=C2\SC(=O)N(Cc3c(F)cccc3Cl)C2=O)cc(Cl)c1OCc1ccccc1Cl. The van der Waals surface area contributed by atoms with Gasteiger partial charge in [-0.15, -0.1) is 0 Å². The van der Waals surface area contributed by atoms with Gasteiger partial charge >= 0.3 is 0 Å². The lowest BCUT2D eigenvalue weighted by atomic mass is 10.1. The van der Waals surface area contributed by atoms with Gasteiger partial charge in [-0.05, 0) is 60.7 Å². The zero-order chi connectivity index (χ0) is 25.8. The minimum atomic E-state index is -0.592. The summed E-state index contributed by atoms with van der Waals surface area (Å²) in [5.41, 5.74) is 1.39. The summed E-state index contributed by atoms with van der Waals surface area (Å²) in [5.74, 6) is -0.443. The lowest BCUT2D eigenvalue weighted by Crippen LogP contribution is -2.28. The topological polar surface area (TPSA) is 55.8 Å². The maximum atomic E-state index is 14.2. The highest BCUT2D eigenvalue weighted by Gasteiger charge is 2.36. The van der Waals surface area contributed by atoms with Crippen molar-refractivity contribution < 1.29 is 23.5 Å². The highest BCUT2D eigenvalue weighted by molar-refractivity contribution is 8.18. The number of imide groups is 1. The average molecular weight is 567 g/mol. The van der Waals surface area contributed by atoms with Gasteiger partial charge in [-0.1, -0.05) is 59.1 Å². The third-order valence-corrected chi connectivity index (χ3v) is 7.12. The van der Waals surface area contributed by atoms with Crippen molar-refractivity contribution >= 4 is 63.8 Å². The van der Waals surface area contributed by atoms with Gasteiger partial charge in [0.15, 0.2) is 11.5 Å². The minimum Gasteiger partial charge on any atom is -0.490 e. The summed E-state index contributed by atoms with van der Waals surface area (Å²) in [6, 6.07) is 14.7. The summed E-state index contributed by atoms with van der Waals surface area (Å²) in [6.07, 6.45) is 1.53. The van der Waals surface area contributed by atoms with Gasteiger partial charge in [0.2, 0.25) is 0 Å². The maximum Gasteiger partial charge on any atom is 0.293 e. The monoisotopic (exact) mass is 565 g/mol. The highest BCUT2D eigenvalue weighted by atomic mass is 35.5. The molecule has 1 heterocycles. The molecule has 0 N–H and O–H groups in total. The molecule has 0 spiro atoms. The Hall–Kier alpha value is -2.71. The standard InChI is InChI=1S/C26H19Cl3FNO4S/c1-2-34-22-11-15(10-20(29)24(22)35-14-16-6-3-4-7-18(16)27)12-23-25(32)31(26(33)36-23)13-17-19(28)8-5-9-21(17)30/h3-12H,2,13-14H2,1H3/b23-12-.